The van der Waals surface area contributed by atoms with Crippen LogP contribution in [0.3, 0.4) is 0 Å². The standard InChI is InChI=1S/C14H27N3O2/c1-11(2)17(10-7-12(15)16-19)13(18)14(3)8-5-4-6-9-14/h11,19H,4-10H2,1-3H3,(H2,15,16). The minimum absolute atomic E-state index is 0.137. The molecule has 1 saturated carbocycles. The fourth-order valence-electron chi connectivity index (χ4n) is 2.77. The lowest BCUT2D eigenvalue weighted by molar-refractivity contribution is -0.144. The Kier molecular flexibility index (Phi) is 5.63. The average Bonchev–Trinajstić information content (AvgIpc) is 2.38. The molecule has 0 unspecified atom stereocenters. The smallest absolute Gasteiger partial charge is 0.228 e. The summed E-state index contributed by atoms with van der Waals surface area (Å²) in [5, 5.41) is 11.5. The van der Waals surface area contributed by atoms with Gasteiger partial charge in [-0.2, -0.15) is 0 Å². The van der Waals surface area contributed by atoms with E-state index >= 15 is 0 Å². The van der Waals surface area contributed by atoms with Crippen LogP contribution in [0.25, 0.3) is 0 Å². The van der Waals surface area contributed by atoms with Gasteiger partial charge in [-0.3, -0.25) is 4.79 Å². The molecule has 0 atom stereocenters. The number of oxime groups is 1. The normalized spacial score (nSPS) is 19.5. The van der Waals surface area contributed by atoms with Crippen molar-refractivity contribution in [2.75, 3.05) is 6.54 Å². The number of amidine groups is 1. The summed E-state index contributed by atoms with van der Waals surface area (Å²) in [6.07, 6.45) is 5.85. The number of hydrogen-bond acceptors (Lipinski definition) is 3. The fourth-order valence-corrected chi connectivity index (χ4v) is 2.77. The van der Waals surface area contributed by atoms with Crippen molar-refractivity contribution in [1.82, 2.24) is 4.90 Å². The molecule has 0 aromatic rings. The zero-order valence-corrected chi connectivity index (χ0v) is 12.4. The minimum atomic E-state index is -0.229. The third kappa shape index (κ3) is 4.11. The molecule has 0 aromatic carbocycles. The monoisotopic (exact) mass is 269 g/mol. The van der Waals surface area contributed by atoms with Crippen molar-refractivity contribution in [2.45, 2.75) is 65.3 Å². The Labute approximate surface area is 115 Å². The third-order valence-corrected chi connectivity index (χ3v) is 4.09. The van der Waals surface area contributed by atoms with E-state index < -0.39 is 0 Å². The predicted molar refractivity (Wildman–Crippen MR) is 76.1 cm³/mol. The summed E-state index contributed by atoms with van der Waals surface area (Å²) < 4.78 is 0. The second-order valence-electron chi connectivity index (χ2n) is 6.05. The van der Waals surface area contributed by atoms with Crippen molar-refractivity contribution in [3.8, 4) is 0 Å². The molecule has 1 aliphatic rings. The molecule has 0 radical (unpaired) electrons. The van der Waals surface area contributed by atoms with Crippen LogP contribution in [0.15, 0.2) is 5.16 Å². The van der Waals surface area contributed by atoms with Gasteiger partial charge in [0.15, 0.2) is 0 Å². The van der Waals surface area contributed by atoms with E-state index in [1.165, 1.54) is 6.42 Å². The van der Waals surface area contributed by atoms with Crippen LogP contribution in [-0.4, -0.2) is 34.4 Å². The summed E-state index contributed by atoms with van der Waals surface area (Å²) >= 11 is 0. The molecule has 5 heteroatoms. The number of hydrogen-bond donors (Lipinski definition) is 2. The number of carbonyl (C=O) groups is 1. The van der Waals surface area contributed by atoms with Gasteiger partial charge in [0.25, 0.3) is 0 Å². The van der Waals surface area contributed by atoms with Crippen molar-refractivity contribution in [1.29, 1.82) is 0 Å². The SMILES string of the molecule is CC(C)N(CCC(N)=NO)C(=O)C1(C)CCCCC1. The van der Waals surface area contributed by atoms with Gasteiger partial charge >= 0.3 is 0 Å². The quantitative estimate of drug-likeness (QED) is 0.348. The molecule has 0 spiro atoms. The second-order valence-corrected chi connectivity index (χ2v) is 6.05. The lowest BCUT2D eigenvalue weighted by atomic mass is 9.74. The predicted octanol–water partition coefficient (Wildman–Crippen LogP) is 2.33. The molecule has 0 aromatic heterocycles. The Hall–Kier alpha value is -1.26. The van der Waals surface area contributed by atoms with Crippen LogP contribution in [0.2, 0.25) is 0 Å². The molecule has 1 rings (SSSR count). The highest BCUT2D eigenvalue weighted by molar-refractivity contribution is 5.84. The zero-order valence-electron chi connectivity index (χ0n) is 12.4. The molecule has 110 valence electrons. The molecule has 1 amide bonds. The highest BCUT2D eigenvalue weighted by atomic mass is 16.4. The molecule has 0 bridgehead atoms. The summed E-state index contributed by atoms with van der Waals surface area (Å²) in [6.45, 7) is 6.61. The Morgan fingerprint density at radius 2 is 1.95 bits per heavy atom. The van der Waals surface area contributed by atoms with Crippen LogP contribution >= 0.6 is 0 Å². The van der Waals surface area contributed by atoms with Crippen molar-refractivity contribution in [2.24, 2.45) is 16.3 Å². The van der Waals surface area contributed by atoms with E-state index in [1.807, 2.05) is 18.7 Å². The molecule has 19 heavy (non-hydrogen) atoms. The van der Waals surface area contributed by atoms with Crippen molar-refractivity contribution in [3.63, 3.8) is 0 Å². The fraction of sp³-hybridized carbons (Fsp3) is 0.857. The number of rotatable bonds is 5. The van der Waals surface area contributed by atoms with Gasteiger partial charge in [-0.1, -0.05) is 31.3 Å². The minimum Gasteiger partial charge on any atom is -0.409 e. The van der Waals surface area contributed by atoms with E-state index in [2.05, 4.69) is 12.1 Å². The number of nitrogens with zero attached hydrogens (tertiary/aromatic N) is 2. The van der Waals surface area contributed by atoms with E-state index in [-0.39, 0.29) is 23.2 Å². The van der Waals surface area contributed by atoms with Gasteiger partial charge < -0.3 is 15.8 Å². The van der Waals surface area contributed by atoms with Gasteiger partial charge in [0.2, 0.25) is 5.91 Å². The first-order valence-electron chi connectivity index (χ1n) is 7.18. The van der Waals surface area contributed by atoms with Crippen LogP contribution in [0.5, 0.6) is 0 Å². The van der Waals surface area contributed by atoms with E-state index in [1.54, 1.807) is 0 Å². The van der Waals surface area contributed by atoms with Gasteiger partial charge in [-0.15, -0.1) is 0 Å². The highest BCUT2D eigenvalue weighted by Gasteiger charge is 2.38. The first kappa shape index (κ1) is 15.8. The van der Waals surface area contributed by atoms with Crippen LogP contribution in [0, 0.1) is 5.41 Å². The average molecular weight is 269 g/mol. The first-order valence-corrected chi connectivity index (χ1v) is 7.18. The van der Waals surface area contributed by atoms with Gasteiger partial charge in [0.05, 0.1) is 0 Å². The summed E-state index contributed by atoms with van der Waals surface area (Å²) in [6, 6.07) is 0.137. The molecule has 0 heterocycles. The maximum atomic E-state index is 12.7. The molecule has 1 aliphatic carbocycles. The Morgan fingerprint density at radius 1 is 1.37 bits per heavy atom. The Balaban J connectivity index is 2.72. The van der Waals surface area contributed by atoms with E-state index in [0.717, 1.165) is 25.7 Å². The lowest BCUT2D eigenvalue weighted by Crippen LogP contribution is -2.47. The highest BCUT2D eigenvalue weighted by Crippen LogP contribution is 2.37. The molecular weight excluding hydrogens is 242 g/mol. The van der Waals surface area contributed by atoms with Gasteiger partial charge in [0.1, 0.15) is 5.84 Å². The number of amides is 1. The van der Waals surface area contributed by atoms with E-state index in [0.29, 0.717) is 13.0 Å². The summed E-state index contributed by atoms with van der Waals surface area (Å²) in [7, 11) is 0. The van der Waals surface area contributed by atoms with Crippen molar-refractivity contribution < 1.29 is 10.0 Å². The molecule has 0 saturated heterocycles. The summed E-state index contributed by atoms with van der Waals surface area (Å²) in [4.78, 5) is 14.6. The largest absolute Gasteiger partial charge is 0.409 e. The van der Waals surface area contributed by atoms with E-state index in [9.17, 15) is 4.79 Å². The van der Waals surface area contributed by atoms with Gasteiger partial charge in [-0.05, 0) is 26.7 Å². The van der Waals surface area contributed by atoms with Crippen molar-refractivity contribution >= 4 is 11.7 Å². The Morgan fingerprint density at radius 3 is 2.42 bits per heavy atom. The molecular formula is C14H27N3O2. The molecule has 3 N–H and O–H groups in total. The summed E-state index contributed by atoms with van der Waals surface area (Å²) in [5.41, 5.74) is 5.27. The zero-order chi connectivity index (χ0) is 14.5. The summed E-state index contributed by atoms with van der Waals surface area (Å²) in [5.74, 6) is 0.389. The van der Waals surface area contributed by atoms with Crippen LogP contribution in [0.4, 0.5) is 0 Å². The van der Waals surface area contributed by atoms with Crippen LogP contribution in [0.1, 0.15) is 59.3 Å². The van der Waals surface area contributed by atoms with Crippen molar-refractivity contribution in [3.05, 3.63) is 0 Å². The maximum absolute atomic E-state index is 12.7. The maximum Gasteiger partial charge on any atom is 0.228 e. The van der Waals surface area contributed by atoms with Crippen LogP contribution < -0.4 is 5.73 Å². The number of carbonyl (C=O) groups excluding carboxylic acids is 1. The Bertz CT molecular complexity index is 334. The lowest BCUT2D eigenvalue weighted by Gasteiger charge is -2.39. The molecule has 5 nitrogen and oxygen atoms in total. The molecule has 0 aliphatic heterocycles. The first-order chi connectivity index (χ1) is 8.90. The number of nitrogens with two attached hydrogens (primary N) is 1. The van der Waals surface area contributed by atoms with Gasteiger partial charge in [-0.25, -0.2) is 0 Å². The van der Waals surface area contributed by atoms with Gasteiger partial charge in [0, 0.05) is 24.4 Å². The third-order valence-electron chi connectivity index (χ3n) is 4.09. The van der Waals surface area contributed by atoms with Crippen LogP contribution in [-0.2, 0) is 4.79 Å². The second kappa shape index (κ2) is 6.78. The van der Waals surface area contributed by atoms with E-state index in [4.69, 9.17) is 10.9 Å². The molecule has 1 fully saturated rings. The topological polar surface area (TPSA) is 78.9 Å².